The molecule has 0 radical (unpaired) electrons. The van der Waals surface area contributed by atoms with Crippen LogP contribution in [-0.2, 0) is 11.3 Å². The van der Waals surface area contributed by atoms with E-state index < -0.39 is 16.8 Å². The fraction of sp³-hybridized carbons (Fsp3) is 0.217. The molecule has 0 unspecified atom stereocenters. The number of hydrogen-bond donors (Lipinski definition) is 1. The van der Waals surface area contributed by atoms with Gasteiger partial charge < -0.3 is 19.5 Å². The van der Waals surface area contributed by atoms with E-state index >= 15 is 0 Å². The fourth-order valence-corrected chi connectivity index (χ4v) is 2.78. The molecule has 0 aliphatic rings. The van der Waals surface area contributed by atoms with Gasteiger partial charge in [-0.15, -0.1) is 0 Å². The summed E-state index contributed by atoms with van der Waals surface area (Å²) >= 11 is 0. The maximum Gasteiger partial charge on any atom is 0.356 e. The van der Waals surface area contributed by atoms with Crippen molar-refractivity contribution >= 4 is 23.3 Å². The van der Waals surface area contributed by atoms with Crippen LogP contribution in [0.4, 0.5) is 11.4 Å². The molecule has 11 nitrogen and oxygen atoms in total. The molecule has 0 saturated heterocycles. The second-order valence-corrected chi connectivity index (χ2v) is 7.21. The van der Waals surface area contributed by atoms with Gasteiger partial charge in [-0.2, -0.15) is 0 Å². The van der Waals surface area contributed by atoms with Gasteiger partial charge in [0.2, 0.25) is 5.88 Å². The molecule has 1 aromatic carbocycles. The van der Waals surface area contributed by atoms with Crippen LogP contribution in [0.15, 0.2) is 54.6 Å². The van der Waals surface area contributed by atoms with E-state index in [0.29, 0.717) is 0 Å². The normalized spacial score (nSPS) is 10.5. The van der Waals surface area contributed by atoms with Crippen molar-refractivity contribution in [1.82, 2.24) is 9.97 Å². The number of rotatable bonds is 9. The highest BCUT2D eigenvalue weighted by molar-refractivity contribution is 6.04. The molecule has 2 heterocycles. The van der Waals surface area contributed by atoms with E-state index in [9.17, 15) is 19.7 Å². The number of carbonyl (C=O) groups excluding carboxylic acids is 2. The SMILES string of the molecule is COC(=O)c1ccc(NC(=O)c2ccc([N+](=O)[O-])c(OCc3ccccc3)n2)c(OC(C)C)n1. The molecule has 34 heavy (non-hydrogen) atoms. The Kier molecular flexibility index (Phi) is 7.70. The van der Waals surface area contributed by atoms with E-state index in [2.05, 4.69) is 20.0 Å². The largest absolute Gasteiger partial charge is 0.473 e. The Labute approximate surface area is 194 Å². The van der Waals surface area contributed by atoms with E-state index in [1.54, 1.807) is 38.1 Å². The molecule has 0 atom stereocenters. The number of esters is 1. The van der Waals surface area contributed by atoms with E-state index in [4.69, 9.17) is 9.47 Å². The van der Waals surface area contributed by atoms with Crippen molar-refractivity contribution in [3.8, 4) is 11.8 Å². The molecule has 1 amide bonds. The van der Waals surface area contributed by atoms with Crippen molar-refractivity contribution in [2.45, 2.75) is 26.6 Å². The summed E-state index contributed by atoms with van der Waals surface area (Å²) in [6.45, 7) is 3.55. The van der Waals surface area contributed by atoms with Gasteiger partial charge in [-0.25, -0.2) is 14.8 Å². The lowest BCUT2D eigenvalue weighted by molar-refractivity contribution is -0.386. The summed E-state index contributed by atoms with van der Waals surface area (Å²) < 4.78 is 15.8. The molecule has 0 aliphatic carbocycles. The van der Waals surface area contributed by atoms with Gasteiger partial charge in [-0.3, -0.25) is 14.9 Å². The molecule has 11 heteroatoms. The summed E-state index contributed by atoms with van der Waals surface area (Å²) in [7, 11) is 1.22. The third-order valence-electron chi connectivity index (χ3n) is 4.34. The van der Waals surface area contributed by atoms with Crippen molar-refractivity contribution in [3.05, 3.63) is 81.7 Å². The van der Waals surface area contributed by atoms with E-state index in [-0.39, 0.29) is 47.2 Å². The van der Waals surface area contributed by atoms with Crippen LogP contribution < -0.4 is 14.8 Å². The fourth-order valence-electron chi connectivity index (χ4n) is 2.78. The van der Waals surface area contributed by atoms with Gasteiger partial charge >= 0.3 is 11.7 Å². The Balaban J connectivity index is 1.86. The number of nitro groups is 1. The second-order valence-electron chi connectivity index (χ2n) is 7.21. The molecule has 176 valence electrons. The van der Waals surface area contributed by atoms with Crippen LogP contribution in [0.1, 0.15) is 40.4 Å². The van der Waals surface area contributed by atoms with Gasteiger partial charge in [0.05, 0.1) is 18.1 Å². The van der Waals surface area contributed by atoms with Gasteiger partial charge in [0.15, 0.2) is 5.69 Å². The van der Waals surface area contributed by atoms with Crippen LogP contribution in [0.2, 0.25) is 0 Å². The average molecular weight is 466 g/mol. The summed E-state index contributed by atoms with van der Waals surface area (Å²) in [4.78, 5) is 43.5. The van der Waals surface area contributed by atoms with Crippen molar-refractivity contribution in [1.29, 1.82) is 0 Å². The molecule has 3 aromatic rings. The van der Waals surface area contributed by atoms with Crippen LogP contribution in [0.3, 0.4) is 0 Å². The first kappa shape index (κ1) is 24.1. The van der Waals surface area contributed by atoms with Crippen LogP contribution in [0, 0.1) is 10.1 Å². The lowest BCUT2D eigenvalue weighted by Gasteiger charge is -2.15. The molecular weight excluding hydrogens is 444 g/mol. The molecule has 0 fully saturated rings. The minimum atomic E-state index is -0.680. The van der Waals surface area contributed by atoms with Crippen molar-refractivity contribution < 1.29 is 28.7 Å². The molecule has 0 saturated carbocycles. The zero-order chi connectivity index (χ0) is 24.7. The Hall–Kier alpha value is -4.54. The van der Waals surface area contributed by atoms with Gasteiger partial charge in [0.25, 0.3) is 11.8 Å². The number of nitrogens with one attached hydrogen (secondary N) is 1. The number of anilines is 1. The zero-order valence-corrected chi connectivity index (χ0v) is 18.7. The molecule has 0 bridgehead atoms. The van der Waals surface area contributed by atoms with Crippen molar-refractivity contribution in [2.24, 2.45) is 0 Å². The maximum atomic E-state index is 12.9. The predicted octanol–water partition coefficient (Wildman–Crippen LogP) is 3.79. The molecule has 3 rings (SSSR count). The topological polar surface area (TPSA) is 143 Å². The molecule has 1 N–H and O–H groups in total. The third-order valence-corrected chi connectivity index (χ3v) is 4.34. The number of carbonyl (C=O) groups is 2. The number of methoxy groups -OCH3 is 1. The number of aromatic nitrogens is 2. The first-order valence-electron chi connectivity index (χ1n) is 10.2. The van der Waals surface area contributed by atoms with Crippen LogP contribution >= 0.6 is 0 Å². The van der Waals surface area contributed by atoms with Crippen LogP contribution in [0.25, 0.3) is 0 Å². The highest BCUT2D eigenvalue weighted by atomic mass is 16.6. The zero-order valence-electron chi connectivity index (χ0n) is 18.7. The summed E-state index contributed by atoms with van der Waals surface area (Å²) in [6, 6.07) is 14.2. The Bertz CT molecular complexity index is 1200. The quantitative estimate of drug-likeness (QED) is 0.283. The number of benzene rings is 1. The van der Waals surface area contributed by atoms with E-state index in [1.807, 2.05) is 6.07 Å². The summed E-state index contributed by atoms with van der Waals surface area (Å²) in [5, 5.41) is 14.0. The van der Waals surface area contributed by atoms with E-state index in [1.165, 1.54) is 25.3 Å². The Morgan fingerprint density at radius 3 is 2.32 bits per heavy atom. The highest BCUT2D eigenvalue weighted by Crippen LogP contribution is 2.27. The number of ether oxygens (including phenoxy) is 3. The highest BCUT2D eigenvalue weighted by Gasteiger charge is 2.22. The minimum absolute atomic E-state index is 0.00112. The minimum Gasteiger partial charge on any atom is -0.473 e. The number of hydrogen-bond acceptors (Lipinski definition) is 9. The summed E-state index contributed by atoms with van der Waals surface area (Å²) in [5.41, 5.74) is 0.460. The Morgan fingerprint density at radius 2 is 1.68 bits per heavy atom. The number of pyridine rings is 2. The molecule has 2 aromatic heterocycles. The van der Waals surface area contributed by atoms with Gasteiger partial charge in [-0.05, 0) is 37.6 Å². The summed E-state index contributed by atoms with van der Waals surface area (Å²) in [5.74, 6) is -1.63. The standard InChI is InChI=1S/C23H22N4O7/c1-14(2)34-21-17(9-10-18(26-21)23(29)32-3)24-20(28)16-11-12-19(27(30)31)22(25-16)33-13-15-7-5-4-6-8-15/h4-12,14H,13H2,1-3H3,(H,24,28). The third kappa shape index (κ3) is 6.03. The summed E-state index contributed by atoms with van der Waals surface area (Å²) in [6.07, 6.45) is -0.300. The van der Waals surface area contributed by atoms with Crippen LogP contribution in [0.5, 0.6) is 11.8 Å². The smallest absolute Gasteiger partial charge is 0.356 e. The predicted molar refractivity (Wildman–Crippen MR) is 121 cm³/mol. The first-order chi connectivity index (χ1) is 16.3. The van der Waals surface area contributed by atoms with Gasteiger partial charge in [-0.1, -0.05) is 30.3 Å². The maximum absolute atomic E-state index is 12.9. The lowest BCUT2D eigenvalue weighted by Crippen LogP contribution is -2.18. The van der Waals surface area contributed by atoms with Crippen molar-refractivity contribution in [3.63, 3.8) is 0 Å². The Morgan fingerprint density at radius 1 is 1.00 bits per heavy atom. The van der Waals surface area contributed by atoms with E-state index in [0.717, 1.165) is 11.6 Å². The molecule has 0 spiro atoms. The lowest BCUT2D eigenvalue weighted by atomic mass is 10.2. The van der Waals surface area contributed by atoms with Crippen LogP contribution in [-0.4, -0.2) is 40.0 Å². The first-order valence-corrected chi connectivity index (χ1v) is 10.2. The monoisotopic (exact) mass is 466 g/mol. The average Bonchev–Trinajstić information content (AvgIpc) is 2.83. The van der Waals surface area contributed by atoms with Gasteiger partial charge in [0.1, 0.15) is 18.0 Å². The number of amides is 1. The van der Waals surface area contributed by atoms with Gasteiger partial charge in [0, 0.05) is 6.07 Å². The molecular formula is C23H22N4O7. The second kappa shape index (κ2) is 10.9. The number of nitrogens with zero attached hydrogens (tertiary/aromatic N) is 3. The van der Waals surface area contributed by atoms with Crippen molar-refractivity contribution in [2.75, 3.05) is 12.4 Å². The molecule has 0 aliphatic heterocycles.